The van der Waals surface area contributed by atoms with Crippen LogP contribution in [0.2, 0.25) is 0 Å². The molecule has 0 radical (unpaired) electrons. The first-order valence-electron chi connectivity index (χ1n) is 21.0. The van der Waals surface area contributed by atoms with Crippen molar-refractivity contribution >= 4 is 72.8 Å². The second-order valence-electron chi connectivity index (χ2n) is 16.2. The molecule has 3 aromatic heterocycles. The van der Waals surface area contributed by atoms with Gasteiger partial charge in [-0.1, -0.05) is 13.0 Å². The third-order valence-corrected chi connectivity index (χ3v) is 12.6. The number of fused-ring (bicyclic) bond motifs is 3. The average Bonchev–Trinajstić information content (AvgIpc) is 3.74. The molecule has 8 rings (SSSR count). The van der Waals surface area contributed by atoms with E-state index in [1.807, 2.05) is 74.1 Å². The number of aromatic amines is 1. The lowest BCUT2D eigenvalue weighted by Crippen LogP contribution is -2.33. The van der Waals surface area contributed by atoms with E-state index in [-0.39, 0.29) is 45.7 Å². The van der Waals surface area contributed by atoms with E-state index in [4.69, 9.17) is 4.42 Å². The summed E-state index contributed by atoms with van der Waals surface area (Å²) >= 11 is 0. The molecule has 346 valence electrons. The largest absolute Gasteiger partial charge is 0.545 e. The van der Waals surface area contributed by atoms with Crippen LogP contribution in [0, 0.1) is 11.6 Å². The van der Waals surface area contributed by atoms with Crippen molar-refractivity contribution in [3.8, 4) is 33.6 Å². The molecular weight excluding hydrogens is 899 g/mol. The van der Waals surface area contributed by atoms with Gasteiger partial charge in [0.25, 0.3) is 5.91 Å². The van der Waals surface area contributed by atoms with E-state index in [1.165, 1.54) is 42.9 Å². The molecule has 2 aliphatic rings. The van der Waals surface area contributed by atoms with Crippen LogP contribution in [0.15, 0.2) is 108 Å². The van der Waals surface area contributed by atoms with E-state index in [0.29, 0.717) is 44.5 Å². The lowest BCUT2D eigenvalue weighted by molar-refractivity contribution is -0.254. The number of hydrogen-bond donors (Lipinski definition) is 4. The molecular formula is C49H42F2N8O8S. The van der Waals surface area contributed by atoms with Gasteiger partial charge in [0.1, 0.15) is 42.7 Å². The summed E-state index contributed by atoms with van der Waals surface area (Å²) in [6, 6.07) is 21.8. The van der Waals surface area contributed by atoms with E-state index in [9.17, 15) is 37.1 Å². The Morgan fingerprint density at radius 1 is 0.853 bits per heavy atom. The Hall–Kier alpha value is -8.32. The Balaban J connectivity index is 0.975. The molecule has 0 spiro atoms. The zero-order chi connectivity index (χ0) is 48.6. The van der Waals surface area contributed by atoms with E-state index in [1.54, 1.807) is 19.1 Å². The molecule has 0 bridgehead atoms. The van der Waals surface area contributed by atoms with Crippen LogP contribution >= 0.6 is 0 Å². The highest BCUT2D eigenvalue weighted by atomic mass is 32.2. The smallest absolute Gasteiger partial charge is 0.251 e. The number of aromatic carboxylic acids is 1. The first kappa shape index (κ1) is 46.2. The van der Waals surface area contributed by atoms with Gasteiger partial charge in [-0.3, -0.25) is 19.1 Å². The summed E-state index contributed by atoms with van der Waals surface area (Å²) in [5, 5.41) is 19.5. The van der Waals surface area contributed by atoms with Crippen LogP contribution in [0.25, 0.3) is 55.6 Å². The number of nitrogens with zero attached hydrogens (tertiary/aromatic N) is 4. The number of pyridine rings is 2. The summed E-state index contributed by atoms with van der Waals surface area (Å²) in [5.41, 5.74) is 2.16. The Kier molecular flexibility index (Phi) is 12.6. The molecule has 0 unspecified atom stereocenters. The number of nitrogens with one attached hydrogen (secondary N) is 4. The quantitative estimate of drug-likeness (QED) is 0.0594. The molecule has 0 saturated heterocycles. The topological polar surface area (TPSA) is 223 Å². The molecule has 0 atom stereocenters. The van der Waals surface area contributed by atoms with Crippen LogP contribution in [-0.2, 0) is 14.8 Å². The summed E-state index contributed by atoms with van der Waals surface area (Å²) in [4.78, 5) is 66.0. The van der Waals surface area contributed by atoms with Crippen molar-refractivity contribution in [2.24, 2.45) is 0 Å². The van der Waals surface area contributed by atoms with Gasteiger partial charge in [-0.15, -0.1) is 0 Å². The van der Waals surface area contributed by atoms with Gasteiger partial charge in [-0.25, -0.2) is 31.7 Å². The van der Waals surface area contributed by atoms with Gasteiger partial charge in [-0.2, -0.15) is 0 Å². The van der Waals surface area contributed by atoms with E-state index >= 15 is 4.39 Å². The number of ketones is 1. The number of rotatable bonds is 14. The molecule has 3 aromatic carbocycles. The molecule has 0 saturated carbocycles. The van der Waals surface area contributed by atoms with Gasteiger partial charge in [0.2, 0.25) is 27.1 Å². The SMILES string of the molecule is CCCS(=O)(=O)Nc1ccc(F)c(C(=O)c2c[nH]c3ncc(-c4ccc(NC(=O)CNC(=O)c5ccc(-c6c7ccc(=[N+](C)C)cc-7oc7cc(N(C)C)ccc67)c(C(=O)[O-])c5)nc4)cc23)c1F. The molecule has 16 nitrogen and oxygen atoms in total. The van der Waals surface area contributed by atoms with Crippen LogP contribution in [-0.4, -0.2) is 87.4 Å². The zero-order valence-corrected chi connectivity index (χ0v) is 38.0. The van der Waals surface area contributed by atoms with Gasteiger partial charge in [0.15, 0.2) is 5.82 Å². The minimum Gasteiger partial charge on any atom is -0.545 e. The molecule has 1 aliphatic heterocycles. The fourth-order valence-corrected chi connectivity index (χ4v) is 8.82. The van der Waals surface area contributed by atoms with Gasteiger partial charge < -0.3 is 34.8 Å². The molecule has 2 amide bonds. The number of carboxylic acids is 1. The number of halogens is 2. The standard InChI is InChI=1S/C49H42F2N8O8S/c1-6-17-68(65,66)57-38-15-14-37(50)44(45(38)51)46(61)36-24-54-47-34(36)19-28(23-53-47)27-8-16-41(52-22-27)56-42(60)25-55-48(62)26-7-11-31(35(18-26)49(63)64)43-32-12-9-29(58(2)3)20-39(32)67-40-21-30(59(4)5)10-13-33(40)43/h7-16,18-24,55,57H,6,17,25H2,1-5H3,(H2,62,63,64). The van der Waals surface area contributed by atoms with Crippen molar-refractivity contribution in [3.63, 3.8) is 0 Å². The summed E-state index contributed by atoms with van der Waals surface area (Å²) in [6.07, 6.45) is 4.38. The van der Waals surface area contributed by atoms with Crippen LogP contribution < -0.4 is 35.3 Å². The number of carboxylic acid groups (broad SMARTS) is 1. The summed E-state index contributed by atoms with van der Waals surface area (Å²) in [5.74, 6) is -6.15. The number of carbonyl (C=O) groups is 4. The Labute approximate surface area is 387 Å². The molecule has 1 aliphatic carbocycles. The van der Waals surface area contributed by atoms with Gasteiger partial charge in [0, 0.05) is 100 Å². The normalized spacial score (nSPS) is 11.5. The Bertz CT molecular complexity index is 3510. The van der Waals surface area contributed by atoms with Crippen LogP contribution in [0.1, 0.15) is 50.0 Å². The number of aromatic nitrogens is 3. The first-order valence-corrected chi connectivity index (χ1v) is 22.7. The monoisotopic (exact) mass is 940 g/mol. The van der Waals surface area contributed by atoms with E-state index in [0.717, 1.165) is 23.2 Å². The number of carbonyl (C=O) groups excluding carboxylic acids is 4. The number of hydrogen-bond acceptors (Lipinski definition) is 11. The number of sulfonamides is 1. The predicted molar refractivity (Wildman–Crippen MR) is 252 cm³/mol. The van der Waals surface area contributed by atoms with Crippen LogP contribution in [0.3, 0.4) is 0 Å². The predicted octanol–water partition coefficient (Wildman–Crippen LogP) is 5.63. The van der Waals surface area contributed by atoms with Crippen molar-refractivity contribution in [1.29, 1.82) is 0 Å². The molecule has 4 heterocycles. The van der Waals surface area contributed by atoms with Gasteiger partial charge in [-0.05, 0) is 72.6 Å². The van der Waals surface area contributed by atoms with Gasteiger partial charge >= 0.3 is 0 Å². The van der Waals surface area contributed by atoms with E-state index in [2.05, 4.69) is 30.3 Å². The minimum absolute atomic E-state index is 0.0289. The second-order valence-corrected chi connectivity index (χ2v) is 18.0. The maximum absolute atomic E-state index is 15.5. The van der Waals surface area contributed by atoms with Crippen molar-refractivity contribution in [2.75, 3.05) is 55.4 Å². The number of amides is 2. The lowest BCUT2D eigenvalue weighted by atomic mass is 9.89. The highest BCUT2D eigenvalue weighted by molar-refractivity contribution is 7.92. The summed E-state index contributed by atoms with van der Waals surface area (Å²) in [7, 11) is 3.63. The third kappa shape index (κ3) is 9.23. The highest BCUT2D eigenvalue weighted by Crippen LogP contribution is 2.42. The fraction of sp³-hybridized carbons (Fsp3) is 0.163. The van der Waals surface area contributed by atoms with Crippen molar-refractivity contribution in [3.05, 3.63) is 143 Å². The molecule has 6 aromatic rings. The summed E-state index contributed by atoms with van der Waals surface area (Å²) in [6.45, 7) is 1.12. The summed E-state index contributed by atoms with van der Waals surface area (Å²) < 4.78 is 65.4. The van der Waals surface area contributed by atoms with Crippen molar-refractivity contribution < 1.29 is 45.9 Å². The maximum Gasteiger partial charge on any atom is 0.251 e. The molecule has 4 N–H and O–H groups in total. The van der Waals surface area contributed by atoms with Crippen molar-refractivity contribution in [2.45, 2.75) is 13.3 Å². The highest BCUT2D eigenvalue weighted by Gasteiger charge is 2.27. The van der Waals surface area contributed by atoms with E-state index < -0.39 is 63.0 Å². The Morgan fingerprint density at radius 2 is 1.62 bits per heavy atom. The minimum atomic E-state index is -3.95. The van der Waals surface area contributed by atoms with Crippen LogP contribution in [0.4, 0.5) is 26.0 Å². The molecule has 68 heavy (non-hydrogen) atoms. The Morgan fingerprint density at radius 3 is 2.32 bits per heavy atom. The number of benzene rings is 4. The lowest BCUT2D eigenvalue weighted by Gasteiger charge is -2.20. The van der Waals surface area contributed by atoms with Gasteiger partial charge in [0.05, 0.1) is 35.6 Å². The number of H-pyrrole nitrogens is 1. The van der Waals surface area contributed by atoms with Crippen molar-refractivity contribution in [1.82, 2.24) is 24.8 Å². The second kappa shape index (κ2) is 18.5. The zero-order valence-electron chi connectivity index (χ0n) is 37.2. The van der Waals surface area contributed by atoms with Crippen LogP contribution in [0.5, 0.6) is 0 Å². The average molecular weight is 941 g/mol. The molecule has 19 heteroatoms. The number of anilines is 3. The fourth-order valence-electron chi connectivity index (χ4n) is 7.69. The molecule has 0 fully saturated rings. The maximum atomic E-state index is 15.5. The third-order valence-electron chi connectivity index (χ3n) is 11.1. The first-order chi connectivity index (χ1) is 32.4.